The van der Waals surface area contributed by atoms with E-state index in [2.05, 4.69) is 0 Å². The van der Waals surface area contributed by atoms with Crippen LogP contribution in [0.4, 0.5) is 4.39 Å². The number of carbonyl (C=O) groups is 2. The monoisotopic (exact) mass is 391 g/mol. The number of amides is 1. The number of hydrogen-bond donors (Lipinski definition) is 0. The lowest BCUT2D eigenvalue weighted by molar-refractivity contribution is -0.149. The van der Waals surface area contributed by atoms with Crippen LogP contribution < -0.4 is 4.74 Å². The van der Waals surface area contributed by atoms with Gasteiger partial charge in [-0.15, -0.1) is 11.3 Å². The number of benzene rings is 1. The molecule has 0 radical (unpaired) electrons. The molecular formula is C20H22FNO4S. The Bertz CT molecular complexity index is 807. The fourth-order valence-electron chi connectivity index (χ4n) is 3.06. The minimum atomic E-state index is -0.414. The van der Waals surface area contributed by atoms with Crippen LogP contribution in [-0.2, 0) is 16.1 Å². The van der Waals surface area contributed by atoms with E-state index in [1.54, 1.807) is 36.1 Å². The van der Waals surface area contributed by atoms with Gasteiger partial charge in [-0.3, -0.25) is 9.59 Å². The van der Waals surface area contributed by atoms with E-state index in [1.807, 2.05) is 5.38 Å². The molecule has 0 bridgehead atoms. The number of hydrogen-bond acceptors (Lipinski definition) is 5. The van der Waals surface area contributed by atoms with Gasteiger partial charge in [0.25, 0.3) is 5.91 Å². The van der Waals surface area contributed by atoms with Crippen molar-refractivity contribution >= 4 is 23.2 Å². The van der Waals surface area contributed by atoms with Gasteiger partial charge in [0.15, 0.2) is 11.6 Å². The lowest BCUT2D eigenvalue weighted by Gasteiger charge is -2.31. The molecule has 1 unspecified atom stereocenters. The second-order valence-corrected chi connectivity index (χ2v) is 7.29. The van der Waals surface area contributed by atoms with Crippen molar-refractivity contribution in [3.63, 3.8) is 0 Å². The zero-order valence-corrected chi connectivity index (χ0v) is 16.0. The van der Waals surface area contributed by atoms with Crippen molar-refractivity contribution in [3.05, 3.63) is 52.0 Å². The van der Waals surface area contributed by atoms with Crippen molar-refractivity contribution < 1.29 is 23.5 Å². The van der Waals surface area contributed by atoms with Gasteiger partial charge in [-0.05, 0) is 43.3 Å². The highest BCUT2D eigenvalue weighted by Crippen LogP contribution is 2.24. The van der Waals surface area contributed by atoms with Gasteiger partial charge < -0.3 is 14.4 Å². The van der Waals surface area contributed by atoms with Gasteiger partial charge >= 0.3 is 5.97 Å². The average molecular weight is 391 g/mol. The van der Waals surface area contributed by atoms with E-state index < -0.39 is 5.82 Å². The number of ether oxygens (including phenoxy) is 2. The molecule has 1 saturated heterocycles. The summed E-state index contributed by atoms with van der Waals surface area (Å²) in [6.45, 7) is 3.33. The molecule has 1 atom stereocenters. The Balaban J connectivity index is 1.59. The van der Waals surface area contributed by atoms with Crippen molar-refractivity contribution in [3.8, 4) is 5.75 Å². The van der Waals surface area contributed by atoms with Crippen LogP contribution in [0.3, 0.4) is 0 Å². The topological polar surface area (TPSA) is 55.8 Å². The highest BCUT2D eigenvalue weighted by atomic mass is 32.1. The molecule has 2 heterocycles. The number of para-hydroxylation sites is 1. The smallest absolute Gasteiger partial charge is 0.310 e. The number of nitrogens with zero attached hydrogens (tertiary/aromatic N) is 1. The summed E-state index contributed by atoms with van der Waals surface area (Å²) in [6, 6.07) is 7.98. The second kappa shape index (κ2) is 8.99. The zero-order chi connectivity index (χ0) is 19.2. The third-order valence-corrected chi connectivity index (χ3v) is 5.39. The molecule has 0 aliphatic carbocycles. The lowest BCUT2D eigenvalue weighted by atomic mass is 9.98. The number of piperidine rings is 1. The minimum absolute atomic E-state index is 0.0915. The first-order valence-corrected chi connectivity index (χ1v) is 9.87. The number of rotatable bonds is 6. The van der Waals surface area contributed by atoms with E-state index in [1.165, 1.54) is 17.4 Å². The molecular weight excluding hydrogens is 369 g/mol. The maximum absolute atomic E-state index is 13.6. The van der Waals surface area contributed by atoms with Gasteiger partial charge in [-0.2, -0.15) is 0 Å². The number of thiophene rings is 1. The van der Waals surface area contributed by atoms with Crippen LogP contribution in [0.25, 0.3) is 0 Å². The molecule has 27 heavy (non-hydrogen) atoms. The van der Waals surface area contributed by atoms with Crippen molar-refractivity contribution in [1.82, 2.24) is 4.90 Å². The first-order chi connectivity index (χ1) is 13.1. The van der Waals surface area contributed by atoms with Crippen LogP contribution in [0.1, 0.15) is 35.0 Å². The van der Waals surface area contributed by atoms with Gasteiger partial charge in [-0.1, -0.05) is 12.1 Å². The Morgan fingerprint density at radius 1 is 1.33 bits per heavy atom. The van der Waals surface area contributed by atoms with E-state index in [4.69, 9.17) is 9.47 Å². The van der Waals surface area contributed by atoms with Crippen LogP contribution in [0.2, 0.25) is 0 Å². The van der Waals surface area contributed by atoms with E-state index in [-0.39, 0.29) is 30.2 Å². The molecule has 144 valence electrons. The quantitative estimate of drug-likeness (QED) is 0.701. The first kappa shape index (κ1) is 19.4. The number of carbonyl (C=O) groups excluding carboxylic acids is 2. The van der Waals surface area contributed by atoms with Crippen molar-refractivity contribution in [2.24, 2.45) is 5.92 Å². The fraction of sp³-hybridized carbons (Fsp3) is 0.400. The van der Waals surface area contributed by atoms with Crippen LogP contribution in [0, 0.1) is 11.7 Å². The molecule has 1 aromatic carbocycles. The average Bonchev–Trinajstić information content (AvgIpc) is 3.16. The summed E-state index contributed by atoms with van der Waals surface area (Å²) in [6.07, 6.45) is 1.53. The van der Waals surface area contributed by atoms with Crippen molar-refractivity contribution in [1.29, 1.82) is 0 Å². The Labute approximate surface area is 161 Å². The second-order valence-electron chi connectivity index (χ2n) is 6.38. The third kappa shape index (κ3) is 4.86. The number of halogens is 1. The minimum Gasteiger partial charge on any atom is -0.486 e. The Morgan fingerprint density at radius 3 is 2.93 bits per heavy atom. The molecule has 7 heteroatoms. The summed E-state index contributed by atoms with van der Waals surface area (Å²) in [7, 11) is 0. The molecule has 3 rings (SSSR count). The Morgan fingerprint density at radius 2 is 2.15 bits per heavy atom. The first-order valence-electron chi connectivity index (χ1n) is 8.99. The predicted molar refractivity (Wildman–Crippen MR) is 100 cm³/mol. The highest BCUT2D eigenvalue weighted by Gasteiger charge is 2.30. The summed E-state index contributed by atoms with van der Waals surface area (Å²) in [4.78, 5) is 27.0. The highest BCUT2D eigenvalue weighted by molar-refractivity contribution is 7.12. The Kier molecular flexibility index (Phi) is 6.45. The number of likely N-dealkylation sites (tertiary alicyclic amines) is 1. The van der Waals surface area contributed by atoms with Gasteiger partial charge in [-0.25, -0.2) is 4.39 Å². The molecule has 1 aromatic heterocycles. The normalized spacial score (nSPS) is 16.8. The van der Waals surface area contributed by atoms with Gasteiger partial charge in [0.2, 0.25) is 0 Å². The summed E-state index contributed by atoms with van der Waals surface area (Å²) in [5.74, 6) is -0.815. The molecule has 1 amide bonds. The van der Waals surface area contributed by atoms with Crippen molar-refractivity contribution in [2.45, 2.75) is 26.4 Å². The zero-order valence-electron chi connectivity index (χ0n) is 15.2. The largest absolute Gasteiger partial charge is 0.486 e. The summed E-state index contributed by atoms with van der Waals surface area (Å²) in [5, 5.41) is 1.83. The van der Waals surface area contributed by atoms with Gasteiger partial charge in [0.1, 0.15) is 6.61 Å². The molecule has 2 aromatic rings. The summed E-state index contributed by atoms with van der Waals surface area (Å²) >= 11 is 1.33. The molecule has 0 N–H and O–H groups in total. The standard InChI is InChI=1S/C20H22FNO4S/c1-2-25-20(24)15-6-5-9-22(11-15)19(23)18-10-14(13-27-18)12-26-17-8-4-3-7-16(17)21/h3-4,7-8,10,13,15H,2,5-6,9,11-12H2,1H3. The van der Waals surface area contributed by atoms with Crippen LogP contribution >= 0.6 is 11.3 Å². The maximum Gasteiger partial charge on any atom is 0.310 e. The van der Waals surface area contributed by atoms with Gasteiger partial charge in [0.05, 0.1) is 17.4 Å². The fourth-order valence-corrected chi connectivity index (χ4v) is 3.92. The van der Waals surface area contributed by atoms with E-state index in [9.17, 15) is 14.0 Å². The number of esters is 1. The van der Waals surface area contributed by atoms with Crippen LogP contribution in [0.5, 0.6) is 5.75 Å². The Hall–Kier alpha value is -2.41. The molecule has 1 aliphatic heterocycles. The third-order valence-electron chi connectivity index (χ3n) is 4.42. The molecule has 5 nitrogen and oxygen atoms in total. The summed E-state index contributed by atoms with van der Waals surface area (Å²) < 4.78 is 24.2. The summed E-state index contributed by atoms with van der Waals surface area (Å²) in [5.41, 5.74) is 0.811. The molecule has 1 aliphatic rings. The maximum atomic E-state index is 13.6. The molecule has 0 spiro atoms. The predicted octanol–water partition coefficient (Wildman–Crippen LogP) is 3.88. The molecule has 0 saturated carbocycles. The van der Waals surface area contributed by atoms with E-state index >= 15 is 0 Å². The SMILES string of the molecule is CCOC(=O)C1CCCN(C(=O)c2cc(COc3ccccc3F)cs2)C1. The van der Waals surface area contributed by atoms with E-state index in [0.29, 0.717) is 24.6 Å². The van der Waals surface area contributed by atoms with Crippen LogP contribution in [-0.4, -0.2) is 36.5 Å². The lowest BCUT2D eigenvalue weighted by Crippen LogP contribution is -2.42. The van der Waals surface area contributed by atoms with Crippen LogP contribution in [0.15, 0.2) is 35.7 Å². The van der Waals surface area contributed by atoms with E-state index in [0.717, 1.165) is 18.4 Å². The van der Waals surface area contributed by atoms with Gasteiger partial charge in [0, 0.05) is 18.7 Å². The van der Waals surface area contributed by atoms with Crippen molar-refractivity contribution in [2.75, 3.05) is 19.7 Å². The molecule has 1 fully saturated rings.